The molecule has 6 nitrogen and oxygen atoms in total. The van der Waals surface area contributed by atoms with Crippen LogP contribution in [0.1, 0.15) is 18.4 Å². The van der Waals surface area contributed by atoms with Crippen molar-refractivity contribution < 1.29 is 4.74 Å². The van der Waals surface area contributed by atoms with Crippen molar-refractivity contribution in [3.63, 3.8) is 0 Å². The molecule has 28 heavy (non-hydrogen) atoms. The van der Waals surface area contributed by atoms with E-state index in [1.54, 1.807) is 20.4 Å². The molecule has 1 fully saturated rings. The summed E-state index contributed by atoms with van der Waals surface area (Å²) >= 11 is 6.27. The molecule has 2 heterocycles. The number of ether oxygens (including phenoxy) is 1. The monoisotopic (exact) mass is 401 g/mol. The van der Waals surface area contributed by atoms with Crippen molar-refractivity contribution in [2.75, 3.05) is 38.7 Å². The molecule has 3 rings (SSSR count). The van der Waals surface area contributed by atoms with Gasteiger partial charge in [0.25, 0.3) is 0 Å². The number of methoxy groups -OCH3 is 1. The van der Waals surface area contributed by atoms with Crippen LogP contribution in [0.3, 0.4) is 0 Å². The second-order valence-corrected chi connectivity index (χ2v) is 7.24. The first kappa shape index (κ1) is 20.3. The molecule has 0 bridgehead atoms. The van der Waals surface area contributed by atoms with E-state index in [4.69, 9.17) is 16.3 Å². The summed E-state index contributed by atoms with van der Waals surface area (Å²) in [5.74, 6) is 2.59. The van der Waals surface area contributed by atoms with Crippen molar-refractivity contribution in [2.24, 2.45) is 4.99 Å². The lowest BCUT2D eigenvalue weighted by atomic mass is 10.1. The zero-order valence-corrected chi connectivity index (χ0v) is 17.2. The molecule has 1 aromatic carbocycles. The highest BCUT2D eigenvalue weighted by molar-refractivity contribution is 6.32. The average molecular weight is 402 g/mol. The molecule has 1 aromatic heterocycles. The third kappa shape index (κ3) is 5.52. The second-order valence-electron chi connectivity index (χ2n) is 6.84. The van der Waals surface area contributed by atoms with Crippen molar-refractivity contribution in [1.82, 2.24) is 15.6 Å². The molecule has 1 saturated heterocycles. The molecule has 1 atom stereocenters. The molecular weight excluding hydrogens is 374 g/mol. The highest BCUT2D eigenvalue weighted by Crippen LogP contribution is 2.25. The lowest BCUT2D eigenvalue weighted by Crippen LogP contribution is -2.45. The number of nitrogens with one attached hydrogen (secondary N) is 2. The number of aromatic nitrogens is 1. The molecule has 0 amide bonds. The number of hydrogen-bond acceptors (Lipinski definition) is 4. The number of rotatable bonds is 7. The first-order valence-corrected chi connectivity index (χ1v) is 10.0. The Hall–Kier alpha value is -2.47. The van der Waals surface area contributed by atoms with Gasteiger partial charge in [-0.2, -0.15) is 0 Å². The van der Waals surface area contributed by atoms with Gasteiger partial charge in [0.2, 0.25) is 0 Å². The van der Waals surface area contributed by atoms with Crippen molar-refractivity contribution in [3.8, 4) is 5.75 Å². The zero-order valence-electron chi connectivity index (χ0n) is 16.5. The second kappa shape index (κ2) is 10.2. The first-order valence-electron chi connectivity index (χ1n) is 9.65. The highest BCUT2D eigenvalue weighted by Gasteiger charge is 2.25. The molecule has 0 aliphatic carbocycles. The molecule has 1 unspecified atom stereocenters. The molecule has 1 aliphatic heterocycles. The number of guanidine groups is 1. The summed E-state index contributed by atoms with van der Waals surface area (Å²) in [5, 5.41) is 7.62. The van der Waals surface area contributed by atoms with Gasteiger partial charge in [-0.3, -0.25) is 4.99 Å². The fraction of sp³-hybridized carbons (Fsp3) is 0.429. The number of halogens is 1. The number of pyridine rings is 1. The van der Waals surface area contributed by atoms with Crippen LogP contribution >= 0.6 is 11.6 Å². The molecule has 2 aromatic rings. The Kier molecular flexibility index (Phi) is 7.37. The van der Waals surface area contributed by atoms with Crippen LogP contribution in [0.2, 0.25) is 5.02 Å². The third-order valence-corrected chi connectivity index (χ3v) is 5.18. The summed E-state index contributed by atoms with van der Waals surface area (Å²) in [6.07, 6.45) is 4.86. The SMILES string of the molecule is CN=C(NCCCc1ccc(OC)cc1)NC1CCN(c2ncccc2Cl)C1. The van der Waals surface area contributed by atoms with E-state index < -0.39 is 0 Å². The normalized spacial score (nSPS) is 16.9. The fourth-order valence-electron chi connectivity index (χ4n) is 3.36. The van der Waals surface area contributed by atoms with Crippen LogP contribution in [0.4, 0.5) is 5.82 Å². The Morgan fingerprint density at radius 2 is 2.14 bits per heavy atom. The van der Waals surface area contributed by atoms with Crippen LogP contribution in [0.5, 0.6) is 5.75 Å². The van der Waals surface area contributed by atoms with Gasteiger partial charge in [0.05, 0.1) is 12.1 Å². The molecule has 1 aliphatic rings. The Labute approximate surface area is 172 Å². The summed E-state index contributed by atoms with van der Waals surface area (Å²) in [7, 11) is 3.49. The van der Waals surface area contributed by atoms with E-state index in [0.29, 0.717) is 11.1 Å². The lowest BCUT2D eigenvalue weighted by Gasteiger charge is -2.20. The Balaban J connectivity index is 1.40. The predicted molar refractivity (Wildman–Crippen MR) is 116 cm³/mol. The van der Waals surface area contributed by atoms with Crippen molar-refractivity contribution in [2.45, 2.75) is 25.3 Å². The minimum Gasteiger partial charge on any atom is -0.497 e. The van der Waals surface area contributed by atoms with Crippen LogP contribution in [-0.2, 0) is 6.42 Å². The quantitative estimate of drug-likeness (QED) is 0.424. The van der Waals surface area contributed by atoms with Gasteiger partial charge in [0.15, 0.2) is 5.96 Å². The van der Waals surface area contributed by atoms with Gasteiger partial charge in [0, 0.05) is 38.9 Å². The van der Waals surface area contributed by atoms with E-state index in [9.17, 15) is 0 Å². The summed E-state index contributed by atoms with van der Waals surface area (Å²) in [6, 6.07) is 12.3. The van der Waals surface area contributed by atoms with Crippen molar-refractivity contribution >= 4 is 23.4 Å². The topological polar surface area (TPSA) is 61.8 Å². The molecular formula is C21H28ClN5O. The van der Waals surface area contributed by atoms with Gasteiger partial charge in [-0.05, 0) is 49.1 Å². The Morgan fingerprint density at radius 1 is 1.32 bits per heavy atom. The van der Waals surface area contributed by atoms with Gasteiger partial charge in [0.1, 0.15) is 11.6 Å². The lowest BCUT2D eigenvalue weighted by molar-refractivity contribution is 0.414. The Morgan fingerprint density at radius 3 is 2.86 bits per heavy atom. The van der Waals surface area contributed by atoms with Gasteiger partial charge >= 0.3 is 0 Å². The van der Waals surface area contributed by atoms with E-state index in [0.717, 1.165) is 56.4 Å². The smallest absolute Gasteiger partial charge is 0.191 e. The van der Waals surface area contributed by atoms with Crippen molar-refractivity contribution in [1.29, 1.82) is 0 Å². The van der Waals surface area contributed by atoms with E-state index in [1.165, 1.54) is 5.56 Å². The molecule has 2 N–H and O–H groups in total. The number of aryl methyl sites for hydroxylation is 1. The maximum atomic E-state index is 6.27. The standard InChI is InChI=1S/C21H28ClN5O/c1-23-21(25-13-3-5-16-7-9-18(28-2)10-8-16)26-17-11-14-27(15-17)20-19(22)6-4-12-24-20/h4,6-10,12,17H,3,5,11,13-15H2,1-2H3,(H2,23,25,26). The summed E-state index contributed by atoms with van der Waals surface area (Å²) in [4.78, 5) is 11.0. The minimum absolute atomic E-state index is 0.325. The summed E-state index contributed by atoms with van der Waals surface area (Å²) in [6.45, 7) is 2.67. The highest BCUT2D eigenvalue weighted by atomic mass is 35.5. The average Bonchev–Trinajstić information content (AvgIpc) is 3.19. The summed E-state index contributed by atoms with van der Waals surface area (Å²) in [5.41, 5.74) is 1.31. The van der Waals surface area contributed by atoms with Crippen molar-refractivity contribution in [3.05, 3.63) is 53.2 Å². The van der Waals surface area contributed by atoms with Crippen LogP contribution < -0.4 is 20.3 Å². The molecule has 0 spiro atoms. The first-order chi connectivity index (χ1) is 13.7. The predicted octanol–water partition coefficient (Wildman–Crippen LogP) is 3.12. The largest absolute Gasteiger partial charge is 0.497 e. The number of benzene rings is 1. The maximum absolute atomic E-state index is 6.27. The van der Waals surface area contributed by atoms with Crippen LogP contribution in [0.15, 0.2) is 47.6 Å². The zero-order chi connectivity index (χ0) is 19.8. The summed E-state index contributed by atoms with van der Waals surface area (Å²) < 4.78 is 5.20. The Bertz CT molecular complexity index is 781. The number of aliphatic imine (C=N–C) groups is 1. The molecule has 7 heteroatoms. The minimum atomic E-state index is 0.325. The van der Waals surface area contributed by atoms with E-state index >= 15 is 0 Å². The van der Waals surface area contributed by atoms with Crippen LogP contribution in [-0.4, -0.2) is 50.8 Å². The van der Waals surface area contributed by atoms with Crippen LogP contribution in [0.25, 0.3) is 0 Å². The third-order valence-electron chi connectivity index (χ3n) is 4.89. The fourth-order valence-corrected chi connectivity index (χ4v) is 3.60. The van der Waals surface area contributed by atoms with Gasteiger partial charge in [-0.25, -0.2) is 4.98 Å². The van der Waals surface area contributed by atoms with Gasteiger partial charge in [-0.15, -0.1) is 0 Å². The number of hydrogen-bond donors (Lipinski definition) is 2. The maximum Gasteiger partial charge on any atom is 0.191 e. The van der Waals surface area contributed by atoms with Gasteiger partial charge < -0.3 is 20.3 Å². The molecule has 150 valence electrons. The van der Waals surface area contributed by atoms with Crippen LogP contribution in [0, 0.1) is 0 Å². The molecule has 0 radical (unpaired) electrons. The molecule has 0 saturated carbocycles. The van der Waals surface area contributed by atoms with E-state index in [-0.39, 0.29) is 0 Å². The number of nitrogens with zero attached hydrogens (tertiary/aromatic N) is 3. The van der Waals surface area contributed by atoms with E-state index in [1.807, 2.05) is 24.3 Å². The van der Waals surface area contributed by atoms with Gasteiger partial charge in [-0.1, -0.05) is 23.7 Å². The number of anilines is 1. The van der Waals surface area contributed by atoms with E-state index in [2.05, 4.69) is 37.6 Å².